The minimum atomic E-state index is -4.86. The van der Waals surface area contributed by atoms with Gasteiger partial charge in [-0.2, -0.15) is 18.4 Å². The highest BCUT2D eigenvalue weighted by molar-refractivity contribution is 5.50. The molecule has 44 heavy (non-hydrogen) atoms. The zero-order valence-electron chi connectivity index (χ0n) is 23.9. The lowest BCUT2D eigenvalue weighted by molar-refractivity contribution is -0.138. The van der Waals surface area contributed by atoms with Gasteiger partial charge in [-0.3, -0.25) is 18.8 Å². The predicted molar refractivity (Wildman–Crippen MR) is 154 cm³/mol. The van der Waals surface area contributed by atoms with E-state index in [4.69, 9.17) is 15.4 Å². The molecule has 1 aliphatic heterocycles. The Morgan fingerprint density at radius 3 is 2.30 bits per heavy atom. The molecule has 2 aromatic heterocycles. The number of nitrogens with two attached hydrogens (primary N) is 1. The van der Waals surface area contributed by atoms with E-state index in [1.807, 2.05) is 6.07 Å². The van der Waals surface area contributed by atoms with Crippen molar-refractivity contribution in [1.82, 2.24) is 14.0 Å². The molecule has 13 heteroatoms. The number of hydrogen-bond donors (Lipinski definition) is 1. The van der Waals surface area contributed by atoms with E-state index in [-0.39, 0.29) is 23.7 Å². The van der Waals surface area contributed by atoms with Gasteiger partial charge in [0.1, 0.15) is 23.3 Å². The molecule has 1 fully saturated rings. The summed E-state index contributed by atoms with van der Waals surface area (Å²) in [6.45, 7) is 2.66. The molecule has 0 radical (unpaired) electrons. The Kier molecular flexibility index (Phi) is 8.75. The van der Waals surface area contributed by atoms with Crippen molar-refractivity contribution < 1.29 is 22.0 Å². The molecule has 0 spiro atoms. The van der Waals surface area contributed by atoms with E-state index in [9.17, 15) is 27.2 Å². The first-order valence-corrected chi connectivity index (χ1v) is 13.9. The Morgan fingerprint density at radius 2 is 1.66 bits per heavy atom. The minimum absolute atomic E-state index is 0.124. The standard InChI is InChI=1S/C31H30F4N6O3/c1-20-28(39-14-12-38(13-15-39)17-23-11-10-22(16-36)44-23)29(42)41(19-27(37)21-6-3-2-4-7-21)30(43)40(20)18-24-25(31(33,34)35)8-5-9-26(24)32/h2-11,27H,12-15,17-19,37H2,1H3/t27-/m0/s1. The van der Waals surface area contributed by atoms with Crippen LogP contribution in [0.25, 0.3) is 0 Å². The van der Waals surface area contributed by atoms with Gasteiger partial charge in [0, 0.05) is 43.5 Å². The molecule has 0 unspecified atom stereocenters. The summed E-state index contributed by atoms with van der Waals surface area (Å²) in [5.41, 5.74) is 3.89. The fourth-order valence-corrected chi connectivity index (χ4v) is 5.52. The monoisotopic (exact) mass is 610 g/mol. The second-order valence-electron chi connectivity index (χ2n) is 10.6. The third-order valence-electron chi connectivity index (χ3n) is 7.84. The summed E-state index contributed by atoms with van der Waals surface area (Å²) in [5.74, 6) is -0.297. The van der Waals surface area contributed by atoms with Crippen molar-refractivity contribution in [2.45, 2.75) is 38.8 Å². The molecule has 2 N–H and O–H groups in total. The number of hydrogen-bond acceptors (Lipinski definition) is 7. The first kappa shape index (κ1) is 30.8. The SMILES string of the molecule is Cc1c(N2CCN(Cc3ccc(C#N)o3)CC2)c(=O)n(C[C@H](N)c2ccccc2)c(=O)n1Cc1c(F)cccc1C(F)(F)F. The molecule has 0 bridgehead atoms. The van der Waals surface area contributed by atoms with Gasteiger partial charge in [-0.05, 0) is 36.8 Å². The van der Waals surface area contributed by atoms with Gasteiger partial charge in [-0.15, -0.1) is 0 Å². The first-order valence-electron chi connectivity index (χ1n) is 13.9. The number of aromatic nitrogens is 2. The molecule has 230 valence electrons. The third kappa shape index (κ3) is 6.31. The molecular formula is C31H30F4N6O3. The lowest BCUT2D eigenvalue weighted by Gasteiger charge is -2.36. The number of halogens is 4. The molecule has 4 aromatic rings. The number of furan rings is 1. The van der Waals surface area contributed by atoms with Gasteiger partial charge in [0.2, 0.25) is 5.76 Å². The summed E-state index contributed by atoms with van der Waals surface area (Å²) in [7, 11) is 0. The van der Waals surface area contributed by atoms with Crippen LogP contribution in [0.15, 0.2) is 74.7 Å². The van der Waals surface area contributed by atoms with Crippen LogP contribution in [0.3, 0.4) is 0 Å². The van der Waals surface area contributed by atoms with E-state index in [0.717, 1.165) is 27.3 Å². The van der Waals surface area contributed by atoms with Crippen LogP contribution in [0.2, 0.25) is 0 Å². The second kappa shape index (κ2) is 12.5. The summed E-state index contributed by atoms with van der Waals surface area (Å²) in [6.07, 6.45) is -4.86. The van der Waals surface area contributed by atoms with E-state index in [2.05, 4.69) is 4.90 Å². The average Bonchev–Trinajstić information content (AvgIpc) is 3.46. The largest absolute Gasteiger partial charge is 0.449 e. The maximum absolute atomic E-state index is 14.9. The zero-order chi connectivity index (χ0) is 31.6. The maximum atomic E-state index is 14.9. The summed E-state index contributed by atoms with van der Waals surface area (Å²) in [5, 5.41) is 9.01. The van der Waals surface area contributed by atoms with E-state index >= 15 is 0 Å². The van der Waals surface area contributed by atoms with Crippen molar-refractivity contribution in [3.8, 4) is 6.07 Å². The quantitative estimate of drug-likeness (QED) is 0.300. The van der Waals surface area contributed by atoms with Crippen LogP contribution in [0.5, 0.6) is 0 Å². The van der Waals surface area contributed by atoms with Crippen LogP contribution in [0.1, 0.15) is 39.9 Å². The third-order valence-corrected chi connectivity index (χ3v) is 7.84. The van der Waals surface area contributed by atoms with Gasteiger partial charge in [0.15, 0.2) is 0 Å². The van der Waals surface area contributed by atoms with Gasteiger partial charge in [0.05, 0.1) is 25.2 Å². The molecule has 5 rings (SSSR count). The summed E-state index contributed by atoms with van der Waals surface area (Å²) in [4.78, 5) is 31.6. The molecule has 3 heterocycles. The number of benzene rings is 2. The Morgan fingerprint density at radius 1 is 0.955 bits per heavy atom. The van der Waals surface area contributed by atoms with Crippen LogP contribution < -0.4 is 21.9 Å². The maximum Gasteiger partial charge on any atom is 0.416 e. The topological polar surface area (TPSA) is 113 Å². The Bertz CT molecular complexity index is 1800. The smallest absolute Gasteiger partial charge is 0.416 e. The van der Waals surface area contributed by atoms with Gasteiger partial charge in [0.25, 0.3) is 5.56 Å². The lowest BCUT2D eigenvalue weighted by atomic mass is 10.1. The lowest BCUT2D eigenvalue weighted by Crippen LogP contribution is -2.51. The van der Waals surface area contributed by atoms with Crippen molar-refractivity contribution in [2.75, 3.05) is 31.1 Å². The number of nitriles is 1. The summed E-state index contributed by atoms with van der Waals surface area (Å²) >= 11 is 0. The molecule has 0 amide bonds. The predicted octanol–water partition coefficient (Wildman–Crippen LogP) is 4.01. The Labute approximate surface area is 250 Å². The summed E-state index contributed by atoms with van der Waals surface area (Å²) in [6, 6.07) is 15.9. The van der Waals surface area contributed by atoms with Crippen LogP contribution in [-0.2, 0) is 25.8 Å². The van der Waals surface area contributed by atoms with Crippen LogP contribution >= 0.6 is 0 Å². The number of anilines is 1. The van der Waals surface area contributed by atoms with E-state index in [1.54, 1.807) is 47.4 Å². The Balaban J connectivity index is 1.53. The molecule has 0 aliphatic carbocycles. The molecule has 1 aliphatic rings. The number of rotatable bonds is 8. The van der Waals surface area contributed by atoms with Gasteiger partial charge in [-0.25, -0.2) is 9.18 Å². The van der Waals surface area contributed by atoms with Crippen molar-refractivity contribution in [2.24, 2.45) is 5.73 Å². The number of nitrogens with zero attached hydrogens (tertiary/aromatic N) is 5. The van der Waals surface area contributed by atoms with E-state index in [1.165, 1.54) is 6.92 Å². The normalized spacial score (nSPS) is 14.9. The van der Waals surface area contributed by atoms with Gasteiger partial charge < -0.3 is 15.1 Å². The molecule has 0 saturated carbocycles. The number of piperazine rings is 1. The zero-order valence-corrected chi connectivity index (χ0v) is 23.9. The highest BCUT2D eigenvalue weighted by Gasteiger charge is 2.35. The number of alkyl halides is 3. The molecule has 9 nitrogen and oxygen atoms in total. The van der Waals surface area contributed by atoms with Crippen LogP contribution in [0, 0.1) is 24.1 Å². The van der Waals surface area contributed by atoms with Crippen LogP contribution in [0.4, 0.5) is 23.2 Å². The van der Waals surface area contributed by atoms with Crippen molar-refractivity contribution in [1.29, 1.82) is 5.26 Å². The second-order valence-corrected chi connectivity index (χ2v) is 10.6. The highest BCUT2D eigenvalue weighted by atomic mass is 19.4. The molecule has 2 aromatic carbocycles. The van der Waals surface area contributed by atoms with E-state index < -0.39 is 47.0 Å². The highest BCUT2D eigenvalue weighted by Crippen LogP contribution is 2.33. The first-order chi connectivity index (χ1) is 21.0. The van der Waals surface area contributed by atoms with Crippen LogP contribution in [-0.4, -0.2) is 40.2 Å². The molecule has 1 atom stereocenters. The average molecular weight is 611 g/mol. The fraction of sp³-hybridized carbons (Fsp3) is 0.323. The summed E-state index contributed by atoms with van der Waals surface area (Å²) < 4.78 is 63.9. The minimum Gasteiger partial charge on any atom is -0.449 e. The molecular weight excluding hydrogens is 580 g/mol. The van der Waals surface area contributed by atoms with E-state index in [0.29, 0.717) is 44.0 Å². The Hall–Kier alpha value is -4.67. The molecule has 1 saturated heterocycles. The van der Waals surface area contributed by atoms with Gasteiger partial charge in [-0.1, -0.05) is 36.4 Å². The van der Waals surface area contributed by atoms with Gasteiger partial charge >= 0.3 is 11.9 Å². The van der Waals surface area contributed by atoms with Crippen molar-refractivity contribution >= 4 is 5.69 Å². The fourth-order valence-electron chi connectivity index (χ4n) is 5.52. The van der Waals surface area contributed by atoms with Crippen molar-refractivity contribution in [3.63, 3.8) is 0 Å². The van der Waals surface area contributed by atoms with Crippen molar-refractivity contribution in [3.05, 3.63) is 121 Å².